The number of anilines is 1. The average molecular weight is 299 g/mol. The van der Waals surface area contributed by atoms with E-state index in [1.165, 1.54) is 30.6 Å². The van der Waals surface area contributed by atoms with Gasteiger partial charge in [-0.2, -0.15) is 8.78 Å². The molecule has 0 fully saturated rings. The van der Waals surface area contributed by atoms with Crippen LogP contribution in [0.1, 0.15) is 9.67 Å². The SMILES string of the molecule is COc1ccc(NC(=O)c2cccs2)cc1OC(F)F. The van der Waals surface area contributed by atoms with Gasteiger partial charge >= 0.3 is 6.61 Å². The molecule has 0 bridgehead atoms. The fraction of sp³-hybridized carbons (Fsp3) is 0.154. The van der Waals surface area contributed by atoms with Crippen LogP contribution in [0.5, 0.6) is 11.5 Å². The summed E-state index contributed by atoms with van der Waals surface area (Å²) in [4.78, 5) is 12.4. The van der Waals surface area contributed by atoms with Gasteiger partial charge in [-0.25, -0.2) is 0 Å². The number of rotatable bonds is 5. The van der Waals surface area contributed by atoms with Crippen LogP contribution in [-0.4, -0.2) is 19.6 Å². The van der Waals surface area contributed by atoms with E-state index in [1.807, 2.05) is 0 Å². The van der Waals surface area contributed by atoms with Crippen molar-refractivity contribution < 1.29 is 23.0 Å². The van der Waals surface area contributed by atoms with Gasteiger partial charge in [0.25, 0.3) is 5.91 Å². The summed E-state index contributed by atoms with van der Waals surface area (Å²) in [6.45, 7) is -2.97. The third-order valence-corrected chi connectivity index (χ3v) is 3.25. The molecular weight excluding hydrogens is 288 g/mol. The van der Waals surface area contributed by atoms with Crippen molar-refractivity contribution >= 4 is 22.9 Å². The van der Waals surface area contributed by atoms with Crippen molar-refractivity contribution in [3.8, 4) is 11.5 Å². The molecule has 0 unspecified atom stereocenters. The number of halogens is 2. The lowest BCUT2D eigenvalue weighted by atomic mass is 10.2. The molecule has 0 atom stereocenters. The number of amides is 1. The van der Waals surface area contributed by atoms with E-state index in [0.717, 1.165) is 0 Å². The molecule has 2 aromatic rings. The van der Waals surface area contributed by atoms with E-state index < -0.39 is 6.61 Å². The van der Waals surface area contributed by atoms with Gasteiger partial charge in [-0.3, -0.25) is 4.79 Å². The van der Waals surface area contributed by atoms with Crippen molar-refractivity contribution in [1.29, 1.82) is 0 Å². The Morgan fingerprint density at radius 3 is 2.70 bits per heavy atom. The van der Waals surface area contributed by atoms with Crippen molar-refractivity contribution in [2.24, 2.45) is 0 Å². The molecule has 0 saturated heterocycles. The molecule has 1 heterocycles. The van der Waals surface area contributed by atoms with Gasteiger partial charge in [0.15, 0.2) is 11.5 Å². The van der Waals surface area contributed by atoms with Crippen molar-refractivity contribution in [1.82, 2.24) is 0 Å². The molecule has 0 aliphatic carbocycles. The average Bonchev–Trinajstić information content (AvgIpc) is 2.92. The molecule has 4 nitrogen and oxygen atoms in total. The number of ether oxygens (including phenoxy) is 2. The van der Waals surface area contributed by atoms with E-state index in [-0.39, 0.29) is 17.4 Å². The van der Waals surface area contributed by atoms with Gasteiger partial charge < -0.3 is 14.8 Å². The Morgan fingerprint density at radius 2 is 2.10 bits per heavy atom. The van der Waals surface area contributed by atoms with Crippen molar-refractivity contribution in [2.75, 3.05) is 12.4 Å². The van der Waals surface area contributed by atoms with Gasteiger partial charge in [0.05, 0.1) is 12.0 Å². The zero-order chi connectivity index (χ0) is 14.5. The number of carbonyl (C=O) groups excluding carboxylic acids is 1. The predicted octanol–water partition coefficient (Wildman–Crippen LogP) is 3.61. The van der Waals surface area contributed by atoms with Gasteiger partial charge in [-0.1, -0.05) is 6.07 Å². The number of hydrogen-bond donors (Lipinski definition) is 1. The number of benzene rings is 1. The van der Waals surface area contributed by atoms with E-state index in [1.54, 1.807) is 23.6 Å². The Kier molecular flexibility index (Phi) is 4.52. The zero-order valence-corrected chi connectivity index (χ0v) is 11.2. The van der Waals surface area contributed by atoms with Crippen LogP contribution in [0.25, 0.3) is 0 Å². The van der Waals surface area contributed by atoms with Crippen LogP contribution < -0.4 is 14.8 Å². The van der Waals surface area contributed by atoms with Gasteiger partial charge in [0, 0.05) is 11.8 Å². The van der Waals surface area contributed by atoms with Crippen LogP contribution in [0.15, 0.2) is 35.7 Å². The molecule has 0 radical (unpaired) electrons. The summed E-state index contributed by atoms with van der Waals surface area (Å²) in [5.41, 5.74) is 0.347. The summed E-state index contributed by atoms with van der Waals surface area (Å²) in [5.74, 6) is -0.279. The van der Waals surface area contributed by atoms with Crippen molar-refractivity contribution in [2.45, 2.75) is 6.61 Å². The van der Waals surface area contributed by atoms with Gasteiger partial charge in [-0.05, 0) is 23.6 Å². The monoisotopic (exact) mass is 299 g/mol. The minimum atomic E-state index is -2.97. The lowest BCUT2D eigenvalue weighted by molar-refractivity contribution is -0.0511. The fourth-order valence-electron chi connectivity index (χ4n) is 1.54. The van der Waals surface area contributed by atoms with Crippen LogP contribution in [0.4, 0.5) is 14.5 Å². The van der Waals surface area contributed by atoms with Gasteiger partial charge in [0.2, 0.25) is 0 Å². The largest absolute Gasteiger partial charge is 0.493 e. The quantitative estimate of drug-likeness (QED) is 0.917. The second-order valence-electron chi connectivity index (χ2n) is 3.68. The molecule has 1 aromatic carbocycles. The molecule has 1 aromatic heterocycles. The fourth-order valence-corrected chi connectivity index (χ4v) is 2.16. The third kappa shape index (κ3) is 3.45. The summed E-state index contributed by atoms with van der Waals surface area (Å²) < 4.78 is 33.8. The van der Waals surface area contributed by atoms with E-state index >= 15 is 0 Å². The standard InChI is InChI=1S/C13H11F2NO3S/c1-18-9-5-4-8(7-10(9)19-13(14)15)16-12(17)11-3-2-6-20-11/h2-7,13H,1H3,(H,16,17). The second kappa shape index (κ2) is 6.33. The molecule has 0 saturated carbocycles. The molecule has 0 aliphatic rings. The van der Waals surface area contributed by atoms with Crippen LogP contribution in [0.3, 0.4) is 0 Å². The van der Waals surface area contributed by atoms with E-state index in [2.05, 4.69) is 10.1 Å². The minimum Gasteiger partial charge on any atom is -0.493 e. The summed E-state index contributed by atoms with van der Waals surface area (Å²) >= 11 is 1.28. The van der Waals surface area contributed by atoms with Crippen LogP contribution in [0, 0.1) is 0 Å². The Morgan fingerprint density at radius 1 is 1.30 bits per heavy atom. The molecule has 0 spiro atoms. The highest BCUT2D eigenvalue weighted by Gasteiger charge is 2.13. The predicted molar refractivity (Wildman–Crippen MR) is 71.9 cm³/mol. The number of methoxy groups -OCH3 is 1. The number of hydrogen-bond acceptors (Lipinski definition) is 4. The summed E-state index contributed by atoms with van der Waals surface area (Å²) in [5, 5.41) is 4.37. The first-order chi connectivity index (χ1) is 9.60. The van der Waals surface area contributed by atoms with E-state index in [0.29, 0.717) is 10.6 Å². The molecular formula is C13H11F2NO3S. The topological polar surface area (TPSA) is 47.6 Å². The molecule has 106 valence electrons. The van der Waals surface area contributed by atoms with Crippen LogP contribution in [0.2, 0.25) is 0 Å². The zero-order valence-electron chi connectivity index (χ0n) is 10.4. The molecule has 7 heteroatoms. The third-order valence-electron chi connectivity index (χ3n) is 2.38. The summed E-state index contributed by atoms with van der Waals surface area (Å²) in [6.07, 6.45) is 0. The Hall–Kier alpha value is -2.15. The van der Waals surface area contributed by atoms with Gasteiger partial charge in [0.1, 0.15) is 0 Å². The van der Waals surface area contributed by atoms with Crippen molar-refractivity contribution in [3.63, 3.8) is 0 Å². The Balaban J connectivity index is 2.18. The normalized spacial score (nSPS) is 10.4. The summed E-state index contributed by atoms with van der Waals surface area (Å²) in [6, 6.07) is 7.69. The first-order valence-electron chi connectivity index (χ1n) is 5.58. The first kappa shape index (κ1) is 14.3. The molecule has 1 amide bonds. The second-order valence-corrected chi connectivity index (χ2v) is 4.62. The molecule has 0 aliphatic heterocycles. The van der Waals surface area contributed by atoms with Crippen LogP contribution in [-0.2, 0) is 0 Å². The molecule has 1 N–H and O–H groups in total. The Bertz CT molecular complexity index is 587. The minimum absolute atomic E-state index is 0.133. The van der Waals surface area contributed by atoms with Crippen LogP contribution >= 0.6 is 11.3 Å². The number of nitrogens with one attached hydrogen (secondary N) is 1. The smallest absolute Gasteiger partial charge is 0.387 e. The highest BCUT2D eigenvalue weighted by molar-refractivity contribution is 7.12. The van der Waals surface area contributed by atoms with Crippen molar-refractivity contribution in [3.05, 3.63) is 40.6 Å². The van der Waals surface area contributed by atoms with Gasteiger partial charge in [-0.15, -0.1) is 11.3 Å². The number of alkyl halides is 2. The number of carbonyl (C=O) groups is 1. The highest BCUT2D eigenvalue weighted by atomic mass is 32.1. The highest BCUT2D eigenvalue weighted by Crippen LogP contribution is 2.31. The maximum atomic E-state index is 12.3. The first-order valence-corrected chi connectivity index (χ1v) is 6.46. The molecule has 2 rings (SSSR count). The lowest BCUT2D eigenvalue weighted by Gasteiger charge is -2.11. The maximum absolute atomic E-state index is 12.3. The lowest BCUT2D eigenvalue weighted by Crippen LogP contribution is -2.10. The van der Waals surface area contributed by atoms with E-state index in [9.17, 15) is 13.6 Å². The number of thiophene rings is 1. The maximum Gasteiger partial charge on any atom is 0.387 e. The molecule has 20 heavy (non-hydrogen) atoms. The summed E-state index contributed by atoms with van der Waals surface area (Å²) in [7, 11) is 1.34. The van der Waals surface area contributed by atoms with E-state index in [4.69, 9.17) is 4.74 Å². The Labute approximate surface area is 117 Å².